The van der Waals surface area contributed by atoms with E-state index in [1.165, 1.54) is 11.8 Å². The zero-order valence-electron chi connectivity index (χ0n) is 17.0. The van der Waals surface area contributed by atoms with Crippen LogP contribution in [0.5, 0.6) is 17.2 Å². The molecule has 154 valence electrons. The molecule has 1 amide bonds. The van der Waals surface area contributed by atoms with E-state index in [9.17, 15) is 4.79 Å². The number of hydrogen-bond donors (Lipinski definition) is 0. The number of rotatable bonds is 11. The molecule has 0 aliphatic carbocycles. The van der Waals surface area contributed by atoms with Crippen LogP contribution in [-0.4, -0.2) is 61.2 Å². The molecule has 0 atom stereocenters. The van der Waals surface area contributed by atoms with Gasteiger partial charge in [-0.2, -0.15) is 0 Å². The van der Waals surface area contributed by atoms with E-state index in [2.05, 4.69) is 17.1 Å². The van der Waals surface area contributed by atoms with Crippen LogP contribution in [0, 0.1) is 0 Å². The molecule has 0 spiro atoms. The van der Waals surface area contributed by atoms with Crippen LogP contribution < -0.4 is 14.2 Å². The second-order valence-corrected chi connectivity index (χ2v) is 6.83. The average Bonchev–Trinajstić information content (AvgIpc) is 3.20. The van der Waals surface area contributed by atoms with Crippen molar-refractivity contribution in [3.63, 3.8) is 0 Å². The molecule has 0 saturated carbocycles. The molecule has 2 rings (SSSR count). The van der Waals surface area contributed by atoms with Gasteiger partial charge in [0.15, 0.2) is 11.5 Å². The van der Waals surface area contributed by atoms with Gasteiger partial charge in [0.1, 0.15) is 0 Å². The fraction of sp³-hybridized carbons (Fsp3) is 0.526. The Labute approximate surface area is 169 Å². The maximum Gasteiger partial charge on any atom is 0.277 e. The quantitative estimate of drug-likeness (QED) is 0.521. The molecule has 0 aliphatic rings. The van der Waals surface area contributed by atoms with Crippen LogP contribution in [0.2, 0.25) is 0 Å². The van der Waals surface area contributed by atoms with Gasteiger partial charge in [0.25, 0.3) is 5.22 Å². The van der Waals surface area contributed by atoms with Crippen LogP contribution >= 0.6 is 11.8 Å². The van der Waals surface area contributed by atoms with Crippen LogP contribution in [-0.2, 0) is 4.79 Å². The van der Waals surface area contributed by atoms with Gasteiger partial charge >= 0.3 is 0 Å². The maximum absolute atomic E-state index is 12.3. The first kappa shape index (κ1) is 21.9. The second-order valence-electron chi connectivity index (χ2n) is 5.90. The Morgan fingerprint density at radius 3 is 2.32 bits per heavy atom. The molecule has 2 aromatic rings. The van der Waals surface area contributed by atoms with Crippen molar-refractivity contribution in [3.05, 3.63) is 12.1 Å². The molecule has 0 N–H and O–H groups in total. The Morgan fingerprint density at radius 2 is 1.79 bits per heavy atom. The summed E-state index contributed by atoms with van der Waals surface area (Å²) >= 11 is 1.23. The summed E-state index contributed by atoms with van der Waals surface area (Å²) in [5.41, 5.74) is 0.637. The minimum absolute atomic E-state index is 0.0634. The van der Waals surface area contributed by atoms with Crippen LogP contribution in [0.4, 0.5) is 0 Å². The molecule has 1 heterocycles. The van der Waals surface area contributed by atoms with Gasteiger partial charge in [-0.25, -0.2) is 0 Å². The van der Waals surface area contributed by atoms with Gasteiger partial charge < -0.3 is 23.5 Å². The molecule has 0 unspecified atom stereocenters. The van der Waals surface area contributed by atoms with Crippen LogP contribution in [0.15, 0.2) is 21.8 Å². The molecule has 9 heteroatoms. The first-order chi connectivity index (χ1) is 13.6. The standard InChI is InChI=1S/C19H27N3O5S/c1-6-8-9-22(7-2)16(23)12-28-19-21-20-18(27-19)13-10-14(24-3)17(26-5)15(11-13)25-4/h10-11H,6-9,12H2,1-5H3. The number of nitrogens with zero attached hydrogens (tertiary/aromatic N) is 3. The lowest BCUT2D eigenvalue weighted by Crippen LogP contribution is -2.33. The number of hydrogen-bond acceptors (Lipinski definition) is 8. The van der Waals surface area contributed by atoms with Gasteiger partial charge in [-0.3, -0.25) is 4.79 Å². The molecule has 0 radical (unpaired) electrons. The van der Waals surface area contributed by atoms with Crippen LogP contribution in [0.3, 0.4) is 0 Å². The van der Waals surface area contributed by atoms with Gasteiger partial charge in [-0.1, -0.05) is 25.1 Å². The third-order valence-electron chi connectivity index (χ3n) is 4.15. The van der Waals surface area contributed by atoms with E-state index in [0.717, 1.165) is 19.4 Å². The van der Waals surface area contributed by atoms with Crippen molar-refractivity contribution in [2.75, 3.05) is 40.2 Å². The SMILES string of the molecule is CCCCN(CC)C(=O)CSc1nnc(-c2cc(OC)c(OC)c(OC)c2)o1. The zero-order chi connectivity index (χ0) is 20.5. The topological polar surface area (TPSA) is 86.9 Å². The lowest BCUT2D eigenvalue weighted by molar-refractivity contribution is -0.128. The van der Waals surface area contributed by atoms with Crippen molar-refractivity contribution in [3.8, 4) is 28.7 Å². The highest BCUT2D eigenvalue weighted by Crippen LogP contribution is 2.41. The Hall–Kier alpha value is -2.42. The predicted octanol–water partition coefficient (Wildman–Crippen LogP) is 3.50. The summed E-state index contributed by atoms with van der Waals surface area (Å²) in [7, 11) is 4.62. The Balaban J connectivity index is 2.11. The number of thioether (sulfide) groups is 1. The van der Waals surface area contributed by atoms with Gasteiger partial charge in [-0.05, 0) is 25.5 Å². The molecule has 28 heavy (non-hydrogen) atoms. The smallest absolute Gasteiger partial charge is 0.277 e. The van der Waals surface area contributed by atoms with E-state index in [4.69, 9.17) is 18.6 Å². The van der Waals surface area contributed by atoms with Crippen molar-refractivity contribution in [2.45, 2.75) is 31.9 Å². The summed E-state index contributed by atoms with van der Waals surface area (Å²) in [6.45, 7) is 5.55. The summed E-state index contributed by atoms with van der Waals surface area (Å²) in [6, 6.07) is 3.47. The lowest BCUT2D eigenvalue weighted by Gasteiger charge is -2.19. The molecule has 1 aromatic carbocycles. The fourth-order valence-corrected chi connectivity index (χ4v) is 3.28. The summed E-state index contributed by atoms with van der Waals surface area (Å²) in [6.07, 6.45) is 2.05. The van der Waals surface area contributed by atoms with E-state index in [1.54, 1.807) is 33.5 Å². The summed E-state index contributed by atoms with van der Waals surface area (Å²) < 4.78 is 21.7. The number of benzene rings is 1. The summed E-state index contributed by atoms with van der Waals surface area (Å²) in [4.78, 5) is 14.2. The predicted molar refractivity (Wildman–Crippen MR) is 107 cm³/mol. The molecular weight excluding hydrogens is 382 g/mol. The van der Waals surface area contributed by atoms with Crippen molar-refractivity contribution in [1.82, 2.24) is 15.1 Å². The molecular formula is C19H27N3O5S. The normalized spacial score (nSPS) is 10.6. The van der Waals surface area contributed by atoms with Gasteiger partial charge in [-0.15, -0.1) is 10.2 Å². The molecule has 0 saturated heterocycles. The number of carbonyl (C=O) groups is 1. The number of methoxy groups -OCH3 is 3. The van der Waals surface area contributed by atoms with Crippen LogP contribution in [0.25, 0.3) is 11.5 Å². The highest BCUT2D eigenvalue weighted by Gasteiger charge is 2.19. The molecule has 8 nitrogen and oxygen atoms in total. The second kappa shape index (κ2) is 10.8. The Kier molecular flexibility index (Phi) is 8.43. The molecule has 0 fully saturated rings. The summed E-state index contributed by atoms with van der Waals surface area (Å²) in [5.74, 6) is 2.11. The van der Waals surface area contributed by atoms with Crippen LogP contribution in [0.1, 0.15) is 26.7 Å². The first-order valence-corrected chi connectivity index (χ1v) is 10.1. The summed E-state index contributed by atoms with van der Waals surface area (Å²) in [5, 5.41) is 8.44. The van der Waals surface area contributed by atoms with E-state index >= 15 is 0 Å². The monoisotopic (exact) mass is 409 g/mol. The van der Waals surface area contributed by atoms with Crippen molar-refractivity contribution < 1.29 is 23.4 Å². The minimum Gasteiger partial charge on any atom is -0.493 e. The fourth-order valence-electron chi connectivity index (χ4n) is 2.61. The largest absolute Gasteiger partial charge is 0.493 e. The van der Waals surface area contributed by atoms with Gasteiger partial charge in [0.2, 0.25) is 17.5 Å². The van der Waals surface area contributed by atoms with Crippen molar-refractivity contribution in [2.24, 2.45) is 0 Å². The van der Waals surface area contributed by atoms with E-state index in [-0.39, 0.29) is 11.7 Å². The molecule has 0 aliphatic heterocycles. The van der Waals surface area contributed by atoms with Crippen molar-refractivity contribution in [1.29, 1.82) is 0 Å². The number of unbranched alkanes of at least 4 members (excludes halogenated alkanes) is 1. The maximum atomic E-state index is 12.3. The van der Waals surface area contributed by atoms with E-state index in [1.807, 2.05) is 11.8 Å². The third-order valence-corrected chi connectivity index (χ3v) is 4.96. The number of ether oxygens (including phenoxy) is 3. The molecule has 1 aromatic heterocycles. The average molecular weight is 410 g/mol. The lowest BCUT2D eigenvalue weighted by atomic mass is 10.2. The Morgan fingerprint density at radius 1 is 1.11 bits per heavy atom. The first-order valence-electron chi connectivity index (χ1n) is 9.12. The number of carbonyl (C=O) groups excluding carboxylic acids is 1. The van der Waals surface area contributed by atoms with E-state index in [0.29, 0.717) is 40.5 Å². The number of amides is 1. The van der Waals surface area contributed by atoms with E-state index < -0.39 is 0 Å². The van der Waals surface area contributed by atoms with Gasteiger partial charge in [0, 0.05) is 18.7 Å². The van der Waals surface area contributed by atoms with Gasteiger partial charge in [0.05, 0.1) is 27.1 Å². The number of aromatic nitrogens is 2. The third kappa shape index (κ3) is 5.31. The van der Waals surface area contributed by atoms with Crippen molar-refractivity contribution >= 4 is 17.7 Å². The minimum atomic E-state index is 0.0634. The molecule has 0 bridgehead atoms. The highest BCUT2D eigenvalue weighted by molar-refractivity contribution is 7.99. The highest BCUT2D eigenvalue weighted by atomic mass is 32.2. The zero-order valence-corrected chi connectivity index (χ0v) is 17.8. The Bertz CT molecular complexity index is 756.